The summed E-state index contributed by atoms with van der Waals surface area (Å²) in [4.78, 5) is 17.4. The molecule has 1 aromatic carbocycles. The summed E-state index contributed by atoms with van der Waals surface area (Å²) < 4.78 is 65.6. The summed E-state index contributed by atoms with van der Waals surface area (Å²) in [6.45, 7) is 0. The van der Waals surface area contributed by atoms with Gasteiger partial charge in [0.15, 0.2) is 29.0 Å². The standard InChI is InChI=1S/C11H4F5N3O2/c12-5-6(13)8(15)10(9(16)7(5)14)19-4-2-17-1-3(18-4)11(20)21/h1-2H,(H,18,19)(H,20,21). The van der Waals surface area contributed by atoms with Gasteiger partial charge in [0, 0.05) is 0 Å². The second kappa shape index (κ2) is 5.31. The molecular formula is C11H4F5N3O2. The Labute approximate surface area is 113 Å². The Morgan fingerprint density at radius 2 is 1.48 bits per heavy atom. The number of carbonyl (C=O) groups is 1. The molecule has 1 aromatic heterocycles. The Hall–Kier alpha value is -2.78. The first-order valence-corrected chi connectivity index (χ1v) is 5.16. The number of hydrogen-bond acceptors (Lipinski definition) is 4. The van der Waals surface area contributed by atoms with E-state index in [2.05, 4.69) is 9.97 Å². The van der Waals surface area contributed by atoms with Gasteiger partial charge in [-0.15, -0.1) is 0 Å². The third-order valence-corrected chi connectivity index (χ3v) is 2.32. The van der Waals surface area contributed by atoms with Gasteiger partial charge in [-0.1, -0.05) is 0 Å². The molecule has 0 aliphatic heterocycles. The molecule has 0 saturated heterocycles. The SMILES string of the molecule is O=C(O)c1cncc(Nc2c(F)c(F)c(F)c(F)c2F)n1. The fourth-order valence-electron chi connectivity index (χ4n) is 1.37. The quantitative estimate of drug-likeness (QED) is 0.518. The molecule has 0 atom stereocenters. The molecule has 0 fully saturated rings. The maximum absolute atomic E-state index is 13.4. The van der Waals surface area contributed by atoms with Crippen molar-refractivity contribution in [2.45, 2.75) is 0 Å². The van der Waals surface area contributed by atoms with E-state index in [1.165, 1.54) is 0 Å². The van der Waals surface area contributed by atoms with Gasteiger partial charge in [0.05, 0.1) is 12.4 Å². The number of aromatic carboxylic acids is 1. The van der Waals surface area contributed by atoms with Crippen molar-refractivity contribution in [3.05, 3.63) is 47.2 Å². The van der Waals surface area contributed by atoms with Crippen LogP contribution in [0, 0.1) is 29.1 Å². The molecule has 0 saturated carbocycles. The third-order valence-electron chi connectivity index (χ3n) is 2.32. The second-order valence-electron chi connectivity index (χ2n) is 3.66. The van der Waals surface area contributed by atoms with Crippen molar-refractivity contribution in [3.63, 3.8) is 0 Å². The zero-order chi connectivity index (χ0) is 15.7. The molecule has 0 bridgehead atoms. The summed E-state index contributed by atoms with van der Waals surface area (Å²) in [5.74, 6) is -12.8. The van der Waals surface area contributed by atoms with Crippen molar-refractivity contribution in [2.24, 2.45) is 0 Å². The van der Waals surface area contributed by atoms with Crippen LogP contribution in [0.3, 0.4) is 0 Å². The first-order valence-electron chi connectivity index (χ1n) is 5.16. The third kappa shape index (κ3) is 2.59. The second-order valence-corrected chi connectivity index (χ2v) is 3.66. The minimum Gasteiger partial charge on any atom is -0.476 e. The molecule has 2 aromatic rings. The van der Waals surface area contributed by atoms with Crippen LogP contribution in [0.15, 0.2) is 12.4 Å². The van der Waals surface area contributed by atoms with Crippen LogP contribution in [0.25, 0.3) is 0 Å². The van der Waals surface area contributed by atoms with E-state index in [0.29, 0.717) is 0 Å². The van der Waals surface area contributed by atoms with Gasteiger partial charge in [-0.25, -0.2) is 31.7 Å². The van der Waals surface area contributed by atoms with E-state index in [9.17, 15) is 26.7 Å². The van der Waals surface area contributed by atoms with Gasteiger partial charge < -0.3 is 10.4 Å². The van der Waals surface area contributed by atoms with E-state index in [0.717, 1.165) is 12.4 Å². The van der Waals surface area contributed by atoms with Crippen LogP contribution in [0.2, 0.25) is 0 Å². The summed E-state index contributed by atoms with van der Waals surface area (Å²) >= 11 is 0. The molecule has 1 heterocycles. The zero-order valence-corrected chi connectivity index (χ0v) is 9.79. The lowest BCUT2D eigenvalue weighted by molar-refractivity contribution is 0.0690. The topological polar surface area (TPSA) is 75.1 Å². The molecule has 110 valence electrons. The number of anilines is 2. The molecule has 2 N–H and O–H groups in total. The highest BCUT2D eigenvalue weighted by atomic mass is 19.2. The highest BCUT2D eigenvalue weighted by Crippen LogP contribution is 2.28. The lowest BCUT2D eigenvalue weighted by Gasteiger charge is -2.10. The number of rotatable bonds is 3. The van der Waals surface area contributed by atoms with E-state index >= 15 is 0 Å². The van der Waals surface area contributed by atoms with Crippen LogP contribution >= 0.6 is 0 Å². The van der Waals surface area contributed by atoms with Crippen LogP contribution in [-0.4, -0.2) is 21.0 Å². The average molecular weight is 305 g/mol. The van der Waals surface area contributed by atoms with Gasteiger partial charge in [0.25, 0.3) is 0 Å². The molecule has 0 radical (unpaired) electrons. The van der Waals surface area contributed by atoms with Gasteiger partial charge in [-0.3, -0.25) is 4.98 Å². The minimum absolute atomic E-state index is 0.502. The lowest BCUT2D eigenvalue weighted by Crippen LogP contribution is -2.09. The molecule has 0 aliphatic rings. The number of benzene rings is 1. The van der Waals surface area contributed by atoms with Crippen molar-refractivity contribution in [3.8, 4) is 0 Å². The normalized spacial score (nSPS) is 10.5. The number of halogens is 5. The Bertz CT molecular complexity index is 709. The lowest BCUT2D eigenvalue weighted by atomic mass is 10.2. The van der Waals surface area contributed by atoms with Crippen LogP contribution < -0.4 is 5.32 Å². The Balaban J connectivity index is 2.50. The number of nitrogens with zero attached hydrogens (tertiary/aromatic N) is 2. The molecule has 0 spiro atoms. The maximum Gasteiger partial charge on any atom is 0.356 e. The Kier molecular flexibility index (Phi) is 3.70. The number of nitrogens with one attached hydrogen (secondary N) is 1. The first kappa shape index (κ1) is 14.6. The predicted octanol–water partition coefficient (Wildman–Crippen LogP) is 2.61. The van der Waals surface area contributed by atoms with Crippen molar-refractivity contribution in [1.29, 1.82) is 0 Å². The zero-order valence-electron chi connectivity index (χ0n) is 9.79. The first-order chi connectivity index (χ1) is 9.82. The van der Waals surface area contributed by atoms with Gasteiger partial charge in [-0.05, 0) is 0 Å². The summed E-state index contributed by atoms with van der Waals surface area (Å²) in [6.07, 6.45) is 1.69. The smallest absolute Gasteiger partial charge is 0.356 e. The Morgan fingerprint density at radius 3 is 2.00 bits per heavy atom. The number of hydrogen-bond donors (Lipinski definition) is 2. The highest BCUT2D eigenvalue weighted by molar-refractivity contribution is 5.85. The van der Waals surface area contributed by atoms with Gasteiger partial charge >= 0.3 is 5.97 Å². The summed E-state index contributed by atoms with van der Waals surface area (Å²) in [7, 11) is 0. The fraction of sp³-hybridized carbons (Fsp3) is 0. The van der Waals surface area contributed by atoms with E-state index in [-0.39, 0.29) is 0 Å². The van der Waals surface area contributed by atoms with Gasteiger partial charge in [-0.2, -0.15) is 0 Å². The number of carboxylic acids is 1. The number of carboxylic acid groups (broad SMARTS) is 1. The van der Waals surface area contributed by atoms with Crippen molar-refractivity contribution < 1.29 is 31.9 Å². The highest BCUT2D eigenvalue weighted by Gasteiger charge is 2.26. The molecule has 0 aliphatic carbocycles. The fourth-order valence-corrected chi connectivity index (χ4v) is 1.37. The summed E-state index contributed by atoms with van der Waals surface area (Å²) in [5.41, 5.74) is -1.94. The van der Waals surface area contributed by atoms with E-state index in [1.807, 2.05) is 5.32 Å². The Morgan fingerprint density at radius 1 is 0.952 bits per heavy atom. The van der Waals surface area contributed by atoms with Crippen molar-refractivity contribution >= 4 is 17.5 Å². The van der Waals surface area contributed by atoms with Gasteiger partial charge in [0.2, 0.25) is 5.82 Å². The largest absolute Gasteiger partial charge is 0.476 e. The molecule has 2 rings (SSSR count). The summed E-state index contributed by atoms with van der Waals surface area (Å²) in [6, 6.07) is 0. The molecule has 0 amide bonds. The number of aromatic nitrogens is 2. The molecule has 0 unspecified atom stereocenters. The predicted molar refractivity (Wildman–Crippen MR) is 58.5 cm³/mol. The van der Waals surface area contributed by atoms with Crippen LogP contribution in [0.1, 0.15) is 10.5 Å². The minimum atomic E-state index is -2.30. The van der Waals surface area contributed by atoms with E-state index < -0.39 is 52.3 Å². The van der Waals surface area contributed by atoms with E-state index in [1.54, 1.807) is 0 Å². The van der Waals surface area contributed by atoms with Gasteiger partial charge in [0.1, 0.15) is 11.5 Å². The molecule has 5 nitrogen and oxygen atoms in total. The maximum atomic E-state index is 13.4. The average Bonchev–Trinajstić information content (AvgIpc) is 2.48. The van der Waals surface area contributed by atoms with Crippen LogP contribution in [0.5, 0.6) is 0 Å². The van der Waals surface area contributed by atoms with E-state index in [4.69, 9.17) is 5.11 Å². The molecular weight excluding hydrogens is 301 g/mol. The molecule has 10 heteroatoms. The van der Waals surface area contributed by atoms with Crippen molar-refractivity contribution in [1.82, 2.24) is 9.97 Å². The monoisotopic (exact) mass is 305 g/mol. The van der Waals surface area contributed by atoms with Crippen molar-refractivity contribution in [2.75, 3.05) is 5.32 Å². The molecule has 21 heavy (non-hydrogen) atoms. The van der Waals surface area contributed by atoms with Crippen LogP contribution in [-0.2, 0) is 0 Å². The van der Waals surface area contributed by atoms with Crippen LogP contribution in [0.4, 0.5) is 33.5 Å². The summed E-state index contributed by atoms with van der Waals surface area (Å²) in [5, 5.41) is 10.5.